The van der Waals surface area contributed by atoms with Gasteiger partial charge in [0.1, 0.15) is 5.82 Å². The molecular weight excluding hydrogens is 417 g/mol. The van der Waals surface area contributed by atoms with E-state index in [0.717, 1.165) is 83.8 Å². The smallest absolute Gasteiger partial charge is 0.227 e. The molecule has 1 aromatic carbocycles. The Morgan fingerprint density at radius 2 is 1.76 bits per heavy atom. The molecule has 2 aliphatic carbocycles. The van der Waals surface area contributed by atoms with Gasteiger partial charge in [0.05, 0.1) is 5.69 Å². The van der Waals surface area contributed by atoms with E-state index in [2.05, 4.69) is 10.2 Å². The molecule has 3 aliphatic rings. The van der Waals surface area contributed by atoms with Crippen LogP contribution in [0.4, 0.5) is 15.8 Å². The number of benzene rings is 1. The van der Waals surface area contributed by atoms with Gasteiger partial charge >= 0.3 is 0 Å². The summed E-state index contributed by atoms with van der Waals surface area (Å²) in [6, 6.07) is 5.52. The molecular formula is C27H40FN3O2. The Balaban J connectivity index is 1.30. The lowest BCUT2D eigenvalue weighted by Gasteiger charge is -2.37. The summed E-state index contributed by atoms with van der Waals surface area (Å²) in [6.45, 7) is 2.48. The molecule has 182 valence electrons. The van der Waals surface area contributed by atoms with Crippen LogP contribution in [0.1, 0.15) is 83.5 Å². The normalized spacial score (nSPS) is 22.7. The predicted molar refractivity (Wildman–Crippen MR) is 131 cm³/mol. The molecule has 0 bridgehead atoms. The Hall–Kier alpha value is -2.11. The number of nitrogens with one attached hydrogen (secondary N) is 1. The van der Waals surface area contributed by atoms with Crippen molar-refractivity contribution < 1.29 is 14.0 Å². The Morgan fingerprint density at radius 3 is 2.45 bits per heavy atom. The second-order valence-corrected chi connectivity index (χ2v) is 10.4. The molecule has 0 aromatic heterocycles. The van der Waals surface area contributed by atoms with Crippen molar-refractivity contribution in [3.63, 3.8) is 0 Å². The largest absolute Gasteiger partial charge is 0.369 e. The van der Waals surface area contributed by atoms with Gasteiger partial charge in [-0.3, -0.25) is 9.59 Å². The maximum Gasteiger partial charge on any atom is 0.227 e. The van der Waals surface area contributed by atoms with Crippen LogP contribution in [-0.2, 0) is 9.59 Å². The summed E-state index contributed by atoms with van der Waals surface area (Å²) in [4.78, 5) is 28.3. The first kappa shape index (κ1) is 24.0. The minimum Gasteiger partial charge on any atom is -0.369 e. The van der Waals surface area contributed by atoms with E-state index in [4.69, 9.17) is 0 Å². The number of rotatable bonds is 8. The van der Waals surface area contributed by atoms with Gasteiger partial charge in [0, 0.05) is 37.3 Å². The minimum absolute atomic E-state index is 0.0255. The molecule has 33 heavy (non-hydrogen) atoms. The van der Waals surface area contributed by atoms with Crippen LogP contribution in [0.3, 0.4) is 0 Å². The van der Waals surface area contributed by atoms with Crippen LogP contribution in [0.25, 0.3) is 0 Å². The first-order valence-electron chi connectivity index (χ1n) is 13.2. The lowest BCUT2D eigenvalue weighted by molar-refractivity contribution is -0.121. The Bertz CT molecular complexity index is 790. The fraction of sp³-hybridized carbons (Fsp3) is 0.704. The summed E-state index contributed by atoms with van der Waals surface area (Å²) in [5, 5.41) is 2.93. The zero-order valence-electron chi connectivity index (χ0n) is 19.9. The van der Waals surface area contributed by atoms with Crippen LogP contribution in [0, 0.1) is 17.7 Å². The van der Waals surface area contributed by atoms with Crippen molar-refractivity contribution in [2.24, 2.45) is 11.8 Å². The molecule has 4 rings (SSSR count). The van der Waals surface area contributed by atoms with Crippen molar-refractivity contribution in [1.82, 2.24) is 4.90 Å². The summed E-state index contributed by atoms with van der Waals surface area (Å²) in [5.41, 5.74) is 1.17. The van der Waals surface area contributed by atoms with Gasteiger partial charge in [0.2, 0.25) is 12.3 Å². The number of hydrogen-bond acceptors (Lipinski definition) is 3. The van der Waals surface area contributed by atoms with E-state index >= 15 is 4.39 Å². The van der Waals surface area contributed by atoms with E-state index in [0.29, 0.717) is 23.3 Å². The van der Waals surface area contributed by atoms with Gasteiger partial charge in [-0.15, -0.1) is 0 Å². The van der Waals surface area contributed by atoms with E-state index in [-0.39, 0.29) is 17.6 Å². The fourth-order valence-corrected chi connectivity index (χ4v) is 6.04. The molecule has 5 nitrogen and oxygen atoms in total. The minimum atomic E-state index is -0.270. The third-order valence-corrected chi connectivity index (χ3v) is 8.03. The number of anilines is 2. The number of nitrogens with zero attached hydrogens (tertiary/aromatic N) is 2. The summed E-state index contributed by atoms with van der Waals surface area (Å²) >= 11 is 0. The standard InChI is InChI=1S/C27H40FN3O2/c28-25-18-23(29-27(33)22-9-3-1-4-10-22)13-14-26(25)30-16-7-8-21(19-30)15-17-31(20-32)24-11-5-2-6-12-24/h13-14,18,20-22,24H,1-12,15-17,19H2,(H,29,33). The quantitative estimate of drug-likeness (QED) is 0.506. The SMILES string of the molecule is O=CN(CCC1CCCN(c2ccc(NC(=O)C3CCCCC3)cc2F)C1)C1CCCCC1. The number of piperidine rings is 1. The molecule has 1 atom stereocenters. The van der Waals surface area contributed by atoms with Crippen LogP contribution >= 0.6 is 0 Å². The highest BCUT2D eigenvalue weighted by molar-refractivity contribution is 5.92. The second-order valence-electron chi connectivity index (χ2n) is 10.4. The number of amides is 2. The molecule has 2 amide bonds. The van der Waals surface area contributed by atoms with Crippen molar-refractivity contribution in [2.45, 2.75) is 89.5 Å². The van der Waals surface area contributed by atoms with Crippen LogP contribution in [0.2, 0.25) is 0 Å². The van der Waals surface area contributed by atoms with Crippen LogP contribution < -0.4 is 10.2 Å². The zero-order chi connectivity index (χ0) is 23.0. The van der Waals surface area contributed by atoms with Crippen LogP contribution in [0.5, 0.6) is 0 Å². The summed E-state index contributed by atoms with van der Waals surface area (Å²) in [5.74, 6) is 0.283. The lowest BCUT2D eigenvalue weighted by Crippen LogP contribution is -2.40. The van der Waals surface area contributed by atoms with Crippen molar-refractivity contribution in [3.8, 4) is 0 Å². The number of hydrogen-bond donors (Lipinski definition) is 1. The molecule has 1 aromatic rings. The molecule has 3 fully saturated rings. The monoisotopic (exact) mass is 457 g/mol. The third kappa shape index (κ3) is 6.48. The van der Waals surface area contributed by atoms with Crippen LogP contribution in [0.15, 0.2) is 18.2 Å². The van der Waals surface area contributed by atoms with Gasteiger partial charge in [-0.05, 0) is 69.1 Å². The summed E-state index contributed by atoms with van der Waals surface area (Å²) < 4.78 is 15.0. The highest BCUT2D eigenvalue weighted by atomic mass is 19.1. The molecule has 1 heterocycles. The van der Waals surface area contributed by atoms with Crippen molar-refractivity contribution in [2.75, 3.05) is 29.9 Å². The van der Waals surface area contributed by atoms with E-state index < -0.39 is 0 Å². The van der Waals surface area contributed by atoms with Gasteiger partial charge in [0.25, 0.3) is 0 Å². The van der Waals surface area contributed by atoms with E-state index in [1.807, 2.05) is 17.0 Å². The summed E-state index contributed by atoms with van der Waals surface area (Å²) in [7, 11) is 0. The van der Waals surface area contributed by atoms with Crippen molar-refractivity contribution in [3.05, 3.63) is 24.0 Å². The molecule has 1 aliphatic heterocycles. The third-order valence-electron chi connectivity index (χ3n) is 8.03. The predicted octanol–water partition coefficient (Wildman–Crippen LogP) is 5.74. The van der Waals surface area contributed by atoms with Crippen molar-refractivity contribution >= 4 is 23.7 Å². The van der Waals surface area contributed by atoms with Gasteiger partial charge < -0.3 is 15.1 Å². The Kier molecular flexibility index (Phi) is 8.63. The molecule has 0 radical (unpaired) electrons. The molecule has 1 N–H and O–H groups in total. The maximum absolute atomic E-state index is 15.0. The molecule has 1 saturated heterocycles. The highest BCUT2D eigenvalue weighted by Crippen LogP contribution is 2.31. The number of carbonyl (C=O) groups is 2. The average Bonchev–Trinajstić information content (AvgIpc) is 2.86. The van der Waals surface area contributed by atoms with Crippen LogP contribution in [-0.4, -0.2) is 42.9 Å². The van der Waals surface area contributed by atoms with E-state index in [1.54, 1.807) is 0 Å². The summed E-state index contributed by atoms with van der Waals surface area (Å²) in [6.07, 6.45) is 15.5. The molecule has 1 unspecified atom stereocenters. The Morgan fingerprint density at radius 1 is 1.03 bits per heavy atom. The average molecular weight is 458 g/mol. The maximum atomic E-state index is 15.0. The topological polar surface area (TPSA) is 52.7 Å². The molecule has 0 spiro atoms. The van der Waals surface area contributed by atoms with E-state index in [1.165, 1.54) is 31.7 Å². The first-order chi connectivity index (χ1) is 16.1. The molecule has 2 saturated carbocycles. The number of carbonyl (C=O) groups excluding carboxylic acids is 2. The number of halogens is 1. The van der Waals surface area contributed by atoms with Gasteiger partial charge in [-0.25, -0.2) is 4.39 Å². The van der Waals surface area contributed by atoms with E-state index in [9.17, 15) is 9.59 Å². The van der Waals surface area contributed by atoms with Crippen molar-refractivity contribution in [1.29, 1.82) is 0 Å². The fourth-order valence-electron chi connectivity index (χ4n) is 6.04. The zero-order valence-corrected chi connectivity index (χ0v) is 19.9. The highest BCUT2D eigenvalue weighted by Gasteiger charge is 2.26. The lowest BCUT2D eigenvalue weighted by atomic mass is 9.88. The first-order valence-corrected chi connectivity index (χ1v) is 13.2. The van der Waals surface area contributed by atoms with Gasteiger partial charge in [0.15, 0.2) is 0 Å². The van der Waals surface area contributed by atoms with Gasteiger partial charge in [-0.1, -0.05) is 38.5 Å². The molecule has 6 heteroatoms. The van der Waals surface area contributed by atoms with Gasteiger partial charge in [-0.2, -0.15) is 0 Å². The second kappa shape index (κ2) is 11.8. The Labute approximate surface area is 198 Å².